The maximum absolute atomic E-state index is 12.5. The van der Waals surface area contributed by atoms with E-state index in [9.17, 15) is 4.79 Å². The summed E-state index contributed by atoms with van der Waals surface area (Å²) in [5, 5.41) is 11.3. The summed E-state index contributed by atoms with van der Waals surface area (Å²) in [5.74, 6) is 0.662. The SMILES string of the molecule is CC(NC(=O)c1ccc2c(c1)CCC2)c1nnc2ccccn12. The Balaban J connectivity index is 1.56. The highest BCUT2D eigenvalue weighted by atomic mass is 16.1. The number of benzene rings is 1. The Hall–Kier alpha value is -2.69. The van der Waals surface area contributed by atoms with Gasteiger partial charge < -0.3 is 5.32 Å². The van der Waals surface area contributed by atoms with Crippen molar-refractivity contribution in [2.24, 2.45) is 0 Å². The maximum atomic E-state index is 12.5. The Morgan fingerprint density at radius 3 is 2.96 bits per heavy atom. The van der Waals surface area contributed by atoms with Crippen LogP contribution in [-0.4, -0.2) is 20.5 Å². The quantitative estimate of drug-likeness (QED) is 0.809. The second kappa shape index (κ2) is 5.50. The van der Waals surface area contributed by atoms with Gasteiger partial charge in [-0.15, -0.1) is 10.2 Å². The lowest BCUT2D eigenvalue weighted by atomic mass is 10.1. The Bertz CT molecular complexity index is 884. The molecule has 5 heteroatoms. The van der Waals surface area contributed by atoms with Crippen molar-refractivity contribution >= 4 is 11.6 Å². The van der Waals surface area contributed by atoms with E-state index in [-0.39, 0.29) is 11.9 Å². The van der Waals surface area contributed by atoms with Crippen LogP contribution < -0.4 is 5.32 Å². The fourth-order valence-electron chi connectivity index (χ4n) is 3.21. The van der Waals surface area contributed by atoms with Gasteiger partial charge in [-0.1, -0.05) is 12.1 Å². The zero-order chi connectivity index (χ0) is 15.8. The van der Waals surface area contributed by atoms with E-state index in [0.717, 1.165) is 24.3 Å². The Kier molecular flexibility index (Phi) is 3.33. The summed E-state index contributed by atoms with van der Waals surface area (Å²) in [7, 11) is 0. The number of hydrogen-bond donors (Lipinski definition) is 1. The normalized spacial score (nSPS) is 14.7. The number of aromatic nitrogens is 3. The summed E-state index contributed by atoms with van der Waals surface area (Å²) >= 11 is 0. The van der Waals surface area contributed by atoms with Crippen molar-refractivity contribution in [3.8, 4) is 0 Å². The van der Waals surface area contributed by atoms with Crippen LogP contribution in [0.1, 0.15) is 46.7 Å². The second-order valence-electron chi connectivity index (χ2n) is 6.02. The minimum absolute atomic E-state index is 0.0696. The van der Waals surface area contributed by atoms with Gasteiger partial charge >= 0.3 is 0 Å². The number of fused-ring (bicyclic) bond motifs is 2. The molecule has 2 heterocycles. The van der Waals surface area contributed by atoms with Crippen LogP contribution in [0.15, 0.2) is 42.6 Å². The largest absolute Gasteiger partial charge is 0.342 e. The van der Waals surface area contributed by atoms with Crippen LogP contribution in [0.5, 0.6) is 0 Å². The van der Waals surface area contributed by atoms with Crippen molar-refractivity contribution in [2.45, 2.75) is 32.2 Å². The fraction of sp³-hybridized carbons (Fsp3) is 0.278. The van der Waals surface area contributed by atoms with Crippen molar-refractivity contribution < 1.29 is 4.79 Å². The topological polar surface area (TPSA) is 59.3 Å². The third kappa shape index (κ3) is 2.48. The molecule has 1 unspecified atom stereocenters. The summed E-state index contributed by atoms with van der Waals surface area (Å²) in [4.78, 5) is 12.5. The average molecular weight is 306 g/mol. The van der Waals surface area contributed by atoms with E-state index >= 15 is 0 Å². The highest BCUT2D eigenvalue weighted by Crippen LogP contribution is 2.23. The third-order valence-corrected chi connectivity index (χ3v) is 4.44. The summed E-state index contributed by atoms with van der Waals surface area (Å²) in [6.07, 6.45) is 5.28. The first-order valence-electron chi connectivity index (χ1n) is 7.95. The first-order chi connectivity index (χ1) is 11.2. The Morgan fingerprint density at radius 2 is 2.04 bits per heavy atom. The average Bonchev–Trinajstić information content (AvgIpc) is 3.20. The molecule has 4 rings (SSSR count). The molecule has 0 bridgehead atoms. The third-order valence-electron chi connectivity index (χ3n) is 4.44. The number of pyridine rings is 1. The van der Waals surface area contributed by atoms with Gasteiger partial charge in [0.2, 0.25) is 0 Å². The number of amides is 1. The van der Waals surface area contributed by atoms with Crippen molar-refractivity contribution in [1.29, 1.82) is 0 Å². The molecule has 0 saturated heterocycles. The summed E-state index contributed by atoms with van der Waals surface area (Å²) in [6, 6.07) is 11.5. The molecular formula is C18H18N4O. The summed E-state index contributed by atoms with van der Waals surface area (Å²) in [6.45, 7) is 1.93. The maximum Gasteiger partial charge on any atom is 0.251 e. The first-order valence-corrected chi connectivity index (χ1v) is 7.95. The van der Waals surface area contributed by atoms with Crippen LogP contribution in [0.2, 0.25) is 0 Å². The molecule has 1 amide bonds. The Labute approximate surface area is 134 Å². The molecule has 1 aliphatic rings. The van der Waals surface area contributed by atoms with Gasteiger partial charge in [0.1, 0.15) is 0 Å². The molecule has 3 aromatic rings. The van der Waals surface area contributed by atoms with Gasteiger partial charge in [-0.3, -0.25) is 9.20 Å². The highest BCUT2D eigenvalue weighted by molar-refractivity contribution is 5.94. The molecule has 0 radical (unpaired) electrons. The zero-order valence-corrected chi connectivity index (χ0v) is 13.0. The van der Waals surface area contributed by atoms with Crippen molar-refractivity contribution in [3.05, 3.63) is 65.1 Å². The van der Waals surface area contributed by atoms with E-state index in [1.807, 2.05) is 47.9 Å². The predicted octanol–water partition coefficient (Wildman–Crippen LogP) is 2.71. The molecule has 5 nitrogen and oxygen atoms in total. The number of hydrogen-bond acceptors (Lipinski definition) is 3. The van der Waals surface area contributed by atoms with Crippen LogP contribution in [0.4, 0.5) is 0 Å². The molecule has 0 fully saturated rings. The van der Waals surface area contributed by atoms with Gasteiger partial charge in [0.25, 0.3) is 5.91 Å². The van der Waals surface area contributed by atoms with Gasteiger partial charge in [0.05, 0.1) is 6.04 Å². The highest BCUT2D eigenvalue weighted by Gasteiger charge is 2.18. The molecule has 23 heavy (non-hydrogen) atoms. The van der Waals surface area contributed by atoms with Crippen LogP contribution in [0.25, 0.3) is 5.65 Å². The number of aryl methyl sites for hydroxylation is 2. The standard InChI is InChI=1S/C18H18N4O/c1-12(17-21-20-16-7-2-3-10-22(16)17)19-18(23)15-9-8-13-5-4-6-14(13)11-15/h2-3,7-12H,4-6H2,1H3,(H,19,23). The monoisotopic (exact) mass is 306 g/mol. The molecule has 116 valence electrons. The van der Waals surface area contributed by atoms with E-state index in [2.05, 4.69) is 21.6 Å². The molecule has 0 spiro atoms. The molecule has 2 aromatic heterocycles. The van der Waals surface area contributed by atoms with Crippen LogP contribution in [0, 0.1) is 0 Å². The number of carbonyl (C=O) groups excluding carboxylic acids is 1. The first kappa shape index (κ1) is 13.9. The smallest absolute Gasteiger partial charge is 0.251 e. The molecule has 1 aromatic carbocycles. The number of rotatable bonds is 3. The lowest BCUT2D eigenvalue weighted by Crippen LogP contribution is -2.28. The minimum Gasteiger partial charge on any atom is -0.342 e. The van der Waals surface area contributed by atoms with E-state index < -0.39 is 0 Å². The van der Waals surface area contributed by atoms with Gasteiger partial charge in [0.15, 0.2) is 11.5 Å². The number of nitrogens with one attached hydrogen (secondary N) is 1. The lowest BCUT2D eigenvalue weighted by Gasteiger charge is -2.13. The van der Waals surface area contributed by atoms with Crippen molar-refractivity contribution in [1.82, 2.24) is 19.9 Å². The van der Waals surface area contributed by atoms with Crippen molar-refractivity contribution in [3.63, 3.8) is 0 Å². The second-order valence-corrected chi connectivity index (χ2v) is 6.02. The van der Waals surface area contributed by atoms with Crippen molar-refractivity contribution in [2.75, 3.05) is 0 Å². The lowest BCUT2D eigenvalue weighted by molar-refractivity contribution is 0.0938. The molecule has 1 aliphatic carbocycles. The van der Waals surface area contributed by atoms with Crippen LogP contribution in [0.3, 0.4) is 0 Å². The molecular weight excluding hydrogens is 288 g/mol. The van der Waals surface area contributed by atoms with E-state index in [4.69, 9.17) is 0 Å². The van der Waals surface area contributed by atoms with E-state index in [1.54, 1.807) is 0 Å². The van der Waals surface area contributed by atoms with Crippen LogP contribution in [-0.2, 0) is 12.8 Å². The zero-order valence-electron chi connectivity index (χ0n) is 13.0. The molecule has 1 N–H and O–H groups in total. The molecule has 0 aliphatic heterocycles. The van der Waals surface area contributed by atoms with Gasteiger partial charge in [-0.2, -0.15) is 0 Å². The summed E-state index contributed by atoms with van der Waals surface area (Å²) in [5.41, 5.74) is 4.17. The van der Waals surface area contributed by atoms with Gasteiger partial charge in [-0.05, 0) is 61.6 Å². The summed E-state index contributed by atoms with van der Waals surface area (Å²) < 4.78 is 1.90. The number of nitrogens with zero attached hydrogens (tertiary/aromatic N) is 3. The number of carbonyl (C=O) groups is 1. The fourth-order valence-corrected chi connectivity index (χ4v) is 3.21. The minimum atomic E-state index is -0.215. The molecule has 0 saturated carbocycles. The van der Waals surface area contributed by atoms with Gasteiger partial charge in [-0.25, -0.2) is 0 Å². The van der Waals surface area contributed by atoms with E-state index in [1.165, 1.54) is 17.5 Å². The predicted molar refractivity (Wildman–Crippen MR) is 87.3 cm³/mol. The van der Waals surface area contributed by atoms with Gasteiger partial charge in [0, 0.05) is 11.8 Å². The van der Waals surface area contributed by atoms with Crippen LogP contribution >= 0.6 is 0 Å². The molecule has 1 atom stereocenters. The Morgan fingerprint density at radius 1 is 1.17 bits per heavy atom. The van der Waals surface area contributed by atoms with E-state index in [0.29, 0.717) is 5.56 Å².